The van der Waals surface area contributed by atoms with Gasteiger partial charge in [0.2, 0.25) is 0 Å². The van der Waals surface area contributed by atoms with Gasteiger partial charge in [0.25, 0.3) is 0 Å². The molecule has 0 aromatic heterocycles. The van der Waals surface area contributed by atoms with E-state index in [0.29, 0.717) is 16.8 Å². The molecular formula is C13H18ClNO2. The number of methoxy groups -OCH3 is 1. The summed E-state index contributed by atoms with van der Waals surface area (Å²) in [5.74, 6) is 0.712. The van der Waals surface area contributed by atoms with E-state index in [9.17, 15) is 0 Å². The molecule has 2 rings (SSSR count). The van der Waals surface area contributed by atoms with Gasteiger partial charge in [0.05, 0.1) is 24.8 Å². The Balaban J connectivity index is 2.34. The van der Waals surface area contributed by atoms with Crippen LogP contribution in [0.4, 0.5) is 0 Å². The van der Waals surface area contributed by atoms with Crippen molar-refractivity contribution in [2.75, 3.05) is 20.3 Å². The van der Waals surface area contributed by atoms with Gasteiger partial charge in [-0.3, -0.25) is 0 Å². The Labute approximate surface area is 107 Å². The van der Waals surface area contributed by atoms with Gasteiger partial charge in [-0.25, -0.2) is 0 Å². The van der Waals surface area contributed by atoms with Crippen LogP contribution in [0.15, 0.2) is 12.1 Å². The van der Waals surface area contributed by atoms with Crippen molar-refractivity contribution in [3.8, 4) is 5.75 Å². The standard InChI is InChI=1S/C13H18ClNO2/c1-8-6-12(16-3)11(14)7-10(8)13-9(2)15-4-5-17-13/h6-7,9,13,15H,4-5H2,1-3H3. The normalized spacial score (nSPS) is 24.7. The third kappa shape index (κ3) is 2.57. The molecule has 1 saturated heterocycles. The number of aryl methyl sites for hydroxylation is 1. The van der Waals surface area contributed by atoms with Gasteiger partial charge in [-0.1, -0.05) is 11.6 Å². The van der Waals surface area contributed by atoms with Crippen molar-refractivity contribution in [2.24, 2.45) is 0 Å². The van der Waals surface area contributed by atoms with Gasteiger partial charge < -0.3 is 14.8 Å². The number of benzene rings is 1. The number of morpholine rings is 1. The molecule has 1 aliphatic rings. The Morgan fingerprint density at radius 3 is 2.88 bits per heavy atom. The van der Waals surface area contributed by atoms with Crippen LogP contribution in [-0.2, 0) is 4.74 Å². The maximum atomic E-state index is 6.17. The first-order valence-electron chi connectivity index (χ1n) is 5.82. The third-order valence-corrected chi connectivity index (χ3v) is 3.46. The first kappa shape index (κ1) is 12.7. The van der Waals surface area contributed by atoms with Crippen LogP contribution in [0.5, 0.6) is 5.75 Å². The van der Waals surface area contributed by atoms with Crippen LogP contribution in [0, 0.1) is 6.92 Å². The monoisotopic (exact) mass is 255 g/mol. The van der Waals surface area contributed by atoms with Crippen molar-refractivity contribution in [1.29, 1.82) is 0 Å². The molecule has 1 aromatic rings. The zero-order valence-corrected chi connectivity index (χ0v) is 11.2. The van der Waals surface area contributed by atoms with Gasteiger partial charge in [-0.2, -0.15) is 0 Å². The summed E-state index contributed by atoms with van der Waals surface area (Å²) in [6.45, 7) is 5.82. The van der Waals surface area contributed by atoms with E-state index in [0.717, 1.165) is 24.3 Å². The van der Waals surface area contributed by atoms with Gasteiger partial charge in [-0.15, -0.1) is 0 Å². The zero-order chi connectivity index (χ0) is 12.4. The molecule has 1 heterocycles. The maximum absolute atomic E-state index is 6.17. The lowest BCUT2D eigenvalue weighted by atomic mass is 9.97. The number of hydrogen-bond donors (Lipinski definition) is 1. The van der Waals surface area contributed by atoms with Crippen LogP contribution in [0.1, 0.15) is 24.2 Å². The Hall–Kier alpha value is -0.770. The van der Waals surface area contributed by atoms with Gasteiger partial charge >= 0.3 is 0 Å². The van der Waals surface area contributed by atoms with E-state index in [-0.39, 0.29) is 6.10 Å². The second-order valence-electron chi connectivity index (χ2n) is 4.38. The molecule has 0 radical (unpaired) electrons. The molecule has 1 aromatic carbocycles. The molecule has 4 heteroatoms. The van der Waals surface area contributed by atoms with Crippen molar-refractivity contribution in [3.05, 3.63) is 28.3 Å². The van der Waals surface area contributed by atoms with Crippen molar-refractivity contribution in [1.82, 2.24) is 5.32 Å². The molecule has 3 nitrogen and oxygen atoms in total. The SMILES string of the molecule is COc1cc(C)c(C2OCCNC2C)cc1Cl. The molecular weight excluding hydrogens is 238 g/mol. The van der Waals surface area contributed by atoms with Crippen molar-refractivity contribution in [2.45, 2.75) is 26.0 Å². The second-order valence-corrected chi connectivity index (χ2v) is 4.78. The summed E-state index contributed by atoms with van der Waals surface area (Å²) >= 11 is 6.17. The minimum atomic E-state index is 0.0622. The number of nitrogens with one attached hydrogen (secondary N) is 1. The Kier molecular flexibility index (Phi) is 3.92. The van der Waals surface area contributed by atoms with Gasteiger partial charge in [0.1, 0.15) is 5.75 Å². The predicted molar refractivity (Wildman–Crippen MR) is 68.9 cm³/mol. The summed E-state index contributed by atoms with van der Waals surface area (Å²) in [6.07, 6.45) is 0.0622. The van der Waals surface area contributed by atoms with Crippen molar-refractivity contribution >= 4 is 11.6 Å². The summed E-state index contributed by atoms with van der Waals surface area (Å²) in [6, 6.07) is 4.21. The van der Waals surface area contributed by atoms with Gasteiger partial charge in [-0.05, 0) is 37.1 Å². The van der Waals surface area contributed by atoms with E-state index in [1.165, 1.54) is 0 Å². The van der Waals surface area contributed by atoms with Crippen LogP contribution in [0.2, 0.25) is 5.02 Å². The van der Waals surface area contributed by atoms with E-state index >= 15 is 0 Å². The van der Waals surface area contributed by atoms with E-state index in [1.54, 1.807) is 7.11 Å². The first-order chi connectivity index (χ1) is 8.13. The average Bonchev–Trinajstić information content (AvgIpc) is 2.32. The van der Waals surface area contributed by atoms with E-state index in [2.05, 4.69) is 19.2 Å². The summed E-state index contributed by atoms with van der Waals surface area (Å²) in [5.41, 5.74) is 2.28. The molecule has 17 heavy (non-hydrogen) atoms. The predicted octanol–water partition coefficient (Wildman–Crippen LogP) is 2.71. The Bertz CT molecular complexity index is 409. The first-order valence-corrected chi connectivity index (χ1v) is 6.20. The number of hydrogen-bond acceptors (Lipinski definition) is 3. The quantitative estimate of drug-likeness (QED) is 0.882. The fourth-order valence-corrected chi connectivity index (χ4v) is 2.47. The topological polar surface area (TPSA) is 30.5 Å². The lowest BCUT2D eigenvalue weighted by Crippen LogP contribution is -2.41. The van der Waals surface area contributed by atoms with Crippen LogP contribution in [-0.4, -0.2) is 26.3 Å². The molecule has 2 unspecified atom stereocenters. The van der Waals surface area contributed by atoms with Crippen LogP contribution >= 0.6 is 11.6 Å². The smallest absolute Gasteiger partial charge is 0.137 e. The highest BCUT2D eigenvalue weighted by Gasteiger charge is 2.25. The van der Waals surface area contributed by atoms with Crippen LogP contribution < -0.4 is 10.1 Å². The van der Waals surface area contributed by atoms with Crippen molar-refractivity contribution < 1.29 is 9.47 Å². The molecule has 0 bridgehead atoms. The van der Waals surface area contributed by atoms with Gasteiger partial charge in [0.15, 0.2) is 0 Å². The number of rotatable bonds is 2. The minimum absolute atomic E-state index is 0.0622. The van der Waals surface area contributed by atoms with E-state index in [4.69, 9.17) is 21.1 Å². The molecule has 1 N–H and O–H groups in total. The molecule has 1 fully saturated rings. The van der Waals surface area contributed by atoms with E-state index < -0.39 is 0 Å². The highest BCUT2D eigenvalue weighted by Crippen LogP contribution is 2.34. The molecule has 0 aliphatic carbocycles. The van der Waals surface area contributed by atoms with Crippen LogP contribution in [0.25, 0.3) is 0 Å². The fraction of sp³-hybridized carbons (Fsp3) is 0.538. The van der Waals surface area contributed by atoms with Crippen LogP contribution in [0.3, 0.4) is 0 Å². The summed E-state index contributed by atoms with van der Waals surface area (Å²) < 4.78 is 11.0. The summed E-state index contributed by atoms with van der Waals surface area (Å²) in [4.78, 5) is 0. The second kappa shape index (κ2) is 5.25. The minimum Gasteiger partial charge on any atom is -0.495 e. The number of ether oxygens (including phenoxy) is 2. The summed E-state index contributed by atoms with van der Waals surface area (Å²) in [7, 11) is 1.63. The highest BCUT2D eigenvalue weighted by molar-refractivity contribution is 6.32. The average molecular weight is 256 g/mol. The molecule has 94 valence electrons. The molecule has 0 spiro atoms. The molecule has 0 saturated carbocycles. The highest BCUT2D eigenvalue weighted by atomic mass is 35.5. The van der Waals surface area contributed by atoms with Gasteiger partial charge in [0, 0.05) is 12.6 Å². The lowest BCUT2D eigenvalue weighted by molar-refractivity contribution is -0.000603. The molecule has 1 aliphatic heterocycles. The third-order valence-electron chi connectivity index (χ3n) is 3.17. The van der Waals surface area contributed by atoms with Crippen molar-refractivity contribution in [3.63, 3.8) is 0 Å². The number of halogens is 1. The largest absolute Gasteiger partial charge is 0.495 e. The zero-order valence-electron chi connectivity index (χ0n) is 10.4. The molecule has 0 amide bonds. The Morgan fingerprint density at radius 2 is 2.24 bits per heavy atom. The lowest BCUT2D eigenvalue weighted by Gasteiger charge is -2.31. The maximum Gasteiger partial charge on any atom is 0.137 e. The fourth-order valence-electron chi connectivity index (χ4n) is 2.22. The summed E-state index contributed by atoms with van der Waals surface area (Å²) in [5, 5.41) is 4.04. The molecule has 2 atom stereocenters. The van der Waals surface area contributed by atoms with E-state index in [1.807, 2.05) is 12.1 Å². The Morgan fingerprint density at radius 1 is 1.47 bits per heavy atom.